The molecule has 0 amide bonds. The average molecular weight is 268 g/mol. The molecule has 5 heteroatoms. The smallest absolute Gasteiger partial charge is 0.258 e. The lowest BCUT2D eigenvalue weighted by molar-refractivity contribution is -0.686. The van der Waals surface area contributed by atoms with Crippen LogP contribution in [0, 0.1) is 35.3 Å². The topological polar surface area (TPSA) is 70.8 Å². The molecular weight excluding hydrogens is 254 g/mol. The van der Waals surface area contributed by atoms with Gasteiger partial charge in [0.2, 0.25) is 0 Å². The highest BCUT2D eigenvalue weighted by molar-refractivity contribution is 5.80. The first kappa shape index (κ1) is 13.7. The predicted molar refractivity (Wildman–Crippen MR) is 73.9 cm³/mol. The molecule has 0 atom stereocenters. The van der Waals surface area contributed by atoms with Gasteiger partial charge in [0.15, 0.2) is 5.69 Å². The Hall–Kier alpha value is -2.74. The highest BCUT2D eigenvalue weighted by Gasteiger charge is 2.32. The second-order valence-electron chi connectivity index (χ2n) is 4.56. The van der Waals surface area contributed by atoms with Gasteiger partial charge in [-0.15, -0.1) is 0 Å². The van der Waals surface area contributed by atoms with Gasteiger partial charge in [-0.05, 0) is 5.56 Å². The third kappa shape index (κ3) is 2.01. The Morgan fingerprint density at radius 2 is 1.80 bits per heavy atom. The molecule has 0 radical (unpaired) electrons. The molecule has 0 bridgehead atoms. The van der Waals surface area contributed by atoms with E-state index in [2.05, 4.69) is 6.07 Å². The summed E-state index contributed by atoms with van der Waals surface area (Å²) in [7, 11) is 1.73. The van der Waals surface area contributed by atoms with E-state index in [1.807, 2.05) is 6.07 Å². The number of hydrogen-bond acceptors (Lipinski definition) is 3. The summed E-state index contributed by atoms with van der Waals surface area (Å²) in [6.45, 7) is 3.49. The summed E-state index contributed by atoms with van der Waals surface area (Å²) in [5.41, 5.74) is 2.66. The quantitative estimate of drug-likeness (QED) is 0.477. The minimum Gasteiger partial charge on any atom is -0.258 e. The number of aromatic nitrogens is 1. The van der Waals surface area contributed by atoms with Crippen molar-refractivity contribution in [1.29, 1.82) is 5.26 Å². The Morgan fingerprint density at radius 1 is 1.20 bits per heavy atom. The molecule has 1 heterocycles. The van der Waals surface area contributed by atoms with Crippen LogP contribution in [0.3, 0.4) is 0 Å². The maximum absolute atomic E-state index is 11.4. The van der Waals surface area contributed by atoms with Crippen LogP contribution in [0.15, 0.2) is 30.3 Å². The van der Waals surface area contributed by atoms with Crippen LogP contribution in [-0.4, -0.2) is 4.92 Å². The summed E-state index contributed by atoms with van der Waals surface area (Å²) in [6, 6.07) is 11.1. The minimum absolute atomic E-state index is 0.0131. The molecule has 2 rings (SSSR count). The molecule has 100 valence electrons. The van der Waals surface area contributed by atoms with E-state index in [0.717, 1.165) is 5.69 Å². The Balaban J connectivity index is 2.98. The third-order valence-electron chi connectivity index (χ3n) is 3.55. The van der Waals surface area contributed by atoms with Crippen LogP contribution < -0.4 is 4.57 Å². The van der Waals surface area contributed by atoms with Gasteiger partial charge in [0.1, 0.15) is 18.7 Å². The SMILES string of the molecule is Cc1c(C#N)c(-c2ccccc2)c([N+](=O)[O-])c(C)[n+]1C. The molecule has 0 spiro atoms. The van der Waals surface area contributed by atoms with Crippen LogP contribution in [0.25, 0.3) is 11.1 Å². The second kappa shape index (κ2) is 5.10. The Kier molecular flexibility index (Phi) is 3.49. The van der Waals surface area contributed by atoms with Crippen LogP contribution in [0.5, 0.6) is 0 Å². The van der Waals surface area contributed by atoms with Crippen LogP contribution in [0.1, 0.15) is 17.0 Å². The van der Waals surface area contributed by atoms with E-state index in [4.69, 9.17) is 0 Å². The zero-order valence-electron chi connectivity index (χ0n) is 11.5. The summed E-state index contributed by atoms with van der Waals surface area (Å²) < 4.78 is 1.68. The van der Waals surface area contributed by atoms with Crippen molar-refractivity contribution < 1.29 is 9.49 Å². The molecule has 0 saturated heterocycles. The fraction of sp³-hybridized carbons (Fsp3) is 0.200. The monoisotopic (exact) mass is 268 g/mol. The van der Waals surface area contributed by atoms with Crippen molar-refractivity contribution in [2.45, 2.75) is 13.8 Å². The largest absolute Gasteiger partial charge is 0.344 e. The van der Waals surface area contributed by atoms with Crippen molar-refractivity contribution in [1.82, 2.24) is 0 Å². The van der Waals surface area contributed by atoms with E-state index in [9.17, 15) is 15.4 Å². The van der Waals surface area contributed by atoms with E-state index in [-0.39, 0.29) is 5.69 Å². The molecule has 0 N–H and O–H groups in total. The molecule has 0 aliphatic heterocycles. The maximum Gasteiger partial charge on any atom is 0.344 e. The Bertz CT molecular complexity index is 731. The molecule has 0 saturated carbocycles. The van der Waals surface area contributed by atoms with Gasteiger partial charge < -0.3 is 0 Å². The normalized spacial score (nSPS) is 10.1. The van der Waals surface area contributed by atoms with Gasteiger partial charge >= 0.3 is 5.69 Å². The van der Waals surface area contributed by atoms with Gasteiger partial charge in [-0.2, -0.15) is 9.83 Å². The number of hydrogen-bond donors (Lipinski definition) is 0. The van der Waals surface area contributed by atoms with Crippen molar-refractivity contribution in [3.8, 4) is 17.2 Å². The summed E-state index contributed by atoms with van der Waals surface area (Å²) in [5, 5.41) is 20.8. The van der Waals surface area contributed by atoms with Crippen molar-refractivity contribution >= 4 is 5.69 Å². The number of benzene rings is 1. The summed E-state index contributed by atoms with van der Waals surface area (Å²) in [6.07, 6.45) is 0. The van der Waals surface area contributed by atoms with Gasteiger partial charge in [0.25, 0.3) is 5.69 Å². The first-order valence-electron chi connectivity index (χ1n) is 6.12. The van der Waals surface area contributed by atoms with Crippen LogP contribution >= 0.6 is 0 Å². The zero-order chi connectivity index (χ0) is 14.9. The number of nitrogens with zero attached hydrogens (tertiary/aromatic N) is 3. The zero-order valence-corrected chi connectivity index (χ0v) is 11.5. The average Bonchev–Trinajstić information content (AvgIpc) is 2.45. The molecular formula is C15H14N3O2+. The second-order valence-corrected chi connectivity index (χ2v) is 4.56. The van der Waals surface area contributed by atoms with E-state index in [1.54, 1.807) is 49.7 Å². The van der Waals surface area contributed by atoms with Gasteiger partial charge in [0.05, 0.1) is 10.5 Å². The molecule has 2 aromatic rings. The first-order chi connectivity index (χ1) is 9.49. The van der Waals surface area contributed by atoms with Gasteiger partial charge in [-0.3, -0.25) is 10.1 Å². The standard InChI is InChI=1S/C15H14N3O2/c1-10-13(9-16)14(12-7-5-4-6-8-12)15(18(19)20)11(2)17(10)3/h4-8H,1-3H3/q+1. The number of nitriles is 1. The Labute approximate surface area is 116 Å². The van der Waals surface area contributed by atoms with E-state index in [1.165, 1.54) is 0 Å². The summed E-state index contributed by atoms with van der Waals surface area (Å²) >= 11 is 0. The van der Waals surface area contributed by atoms with Gasteiger partial charge in [-0.25, -0.2) is 0 Å². The molecule has 0 unspecified atom stereocenters. The number of nitro groups is 1. The molecule has 0 aliphatic rings. The molecule has 0 fully saturated rings. The summed E-state index contributed by atoms with van der Waals surface area (Å²) in [5.74, 6) is 0. The lowest BCUT2D eigenvalue weighted by Crippen LogP contribution is -2.37. The van der Waals surface area contributed by atoms with Gasteiger partial charge in [-0.1, -0.05) is 30.3 Å². The van der Waals surface area contributed by atoms with Crippen molar-refractivity contribution in [3.63, 3.8) is 0 Å². The van der Waals surface area contributed by atoms with Crippen molar-refractivity contribution in [2.75, 3.05) is 0 Å². The highest BCUT2D eigenvalue weighted by atomic mass is 16.6. The first-order valence-corrected chi connectivity index (χ1v) is 6.12. The van der Waals surface area contributed by atoms with Crippen molar-refractivity contribution in [2.24, 2.45) is 7.05 Å². The van der Waals surface area contributed by atoms with Crippen LogP contribution in [0.4, 0.5) is 5.69 Å². The number of pyridine rings is 1. The molecule has 1 aromatic heterocycles. The fourth-order valence-corrected chi connectivity index (χ4v) is 2.30. The molecule has 1 aromatic carbocycles. The van der Waals surface area contributed by atoms with E-state index >= 15 is 0 Å². The summed E-state index contributed by atoms with van der Waals surface area (Å²) in [4.78, 5) is 11.0. The lowest BCUT2D eigenvalue weighted by Gasteiger charge is -2.09. The van der Waals surface area contributed by atoms with Gasteiger partial charge in [0, 0.05) is 13.8 Å². The molecule has 20 heavy (non-hydrogen) atoms. The highest BCUT2D eigenvalue weighted by Crippen LogP contribution is 2.35. The molecule has 5 nitrogen and oxygen atoms in total. The lowest BCUT2D eigenvalue weighted by atomic mass is 9.96. The third-order valence-corrected chi connectivity index (χ3v) is 3.55. The number of rotatable bonds is 2. The van der Waals surface area contributed by atoms with E-state index < -0.39 is 4.92 Å². The maximum atomic E-state index is 11.4. The predicted octanol–water partition coefficient (Wildman–Crippen LogP) is 2.57. The minimum atomic E-state index is -0.419. The Morgan fingerprint density at radius 3 is 2.30 bits per heavy atom. The van der Waals surface area contributed by atoms with Crippen LogP contribution in [-0.2, 0) is 7.05 Å². The van der Waals surface area contributed by atoms with Crippen LogP contribution in [0.2, 0.25) is 0 Å². The molecule has 0 aliphatic carbocycles. The van der Waals surface area contributed by atoms with Crippen molar-refractivity contribution in [3.05, 3.63) is 57.4 Å². The van der Waals surface area contributed by atoms with E-state index in [0.29, 0.717) is 22.4 Å². The fourth-order valence-electron chi connectivity index (χ4n) is 2.30.